The molecule has 0 N–H and O–H groups in total. The van der Waals surface area contributed by atoms with Gasteiger partial charge in [-0.05, 0) is 24.7 Å². The third-order valence-electron chi connectivity index (χ3n) is 1.84. The molecule has 12 heavy (non-hydrogen) atoms. The summed E-state index contributed by atoms with van der Waals surface area (Å²) in [5.41, 5.74) is 0.251. The van der Waals surface area contributed by atoms with Gasteiger partial charge in [-0.2, -0.15) is 0 Å². The minimum atomic E-state index is 0.0676. The Hall–Kier alpha value is -0.0800. The maximum absolute atomic E-state index is 5.63. The quantitative estimate of drug-likeness (QED) is 0.637. The molecule has 1 rings (SSSR count). The van der Waals surface area contributed by atoms with E-state index in [1.165, 1.54) is 12.8 Å². The number of hydrogen-bond donors (Lipinski definition) is 0. The van der Waals surface area contributed by atoms with Crippen molar-refractivity contribution in [3.8, 4) is 0 Å². The first-order valence-corrected chi connectivity index (χ1v) is 4.81. The molecule has 0 amide bonds. The van der Waals surface area contributed by atoms with Gasteiger partial charge in [0.15, 0.2) is 6.29 Å². The van der Waals surface area contributed by atoms with Gasteiger partial charge < -0.3 is 9.47 Å². The van der Waals surface area contributed by atoms with Gasteiger partial charge in [-0.15, -0.1) is 0 Å². The van der Waals surface area contributed by atoms with Gasteiger partial charge in [0.25, 0.3) is 0 Å². The minimum Gasteiger partial charge on any atom is -0.353 e. The zero-order chi connectivity index (χ0) is 9.03. The van der Waals surface area contributed by atoms with E-state index < -0.39 is 0 Å². The van der Waals surface area contributed by atoms with Gasteiger partial charge in [0.1, 0.15) is 0 Å². The van der Waals surface area contributed by atoms with Crippen molar-refractivity contribution in [2.45, 2.75) is 46.3 Å². The molecule has 2 heteroatoms. The second-order valence-corrected chi connectivity index (χ2v) is 4.67. The van der Waals surface area contributed by atoms with E-state index in [0.717, 1.165) is 19.6 Å². The molecule has 1 heterocycles. The van der Waals surface area contributed by atoms with E-state index in [1.807, 2.05) is 0 Å². The van der Waals surface area contributed by atoms with Crippen molar-refractivity contribution in [2.24, 2.45) is 5.41 Å². The Morgan fingerprint density at radius 2 is 2.08 bits per heavy atom. The Bertz CT molecular complexity index is 120. The van der Waals surface area contributed by atoms with Crippen LogP contribution in [0.15, 0.2) is 0 Å². The molecule has 0 aromatic rings. The Balaban J connectivity index is 2.13. The maximum Gasteiger partial charge on any atom is 0.157 e. The van der Waals surface area contributed by atoms with E-state index in [9.17, 15) is 0 Å². The standard InChI is InChI=1S/C10H20O2/c1-10(2,3)8-12-9-6-4-5-7-11-9/h9H,4-8H2,1-3H3. The molecule has 0 bridgehead atoms. The van der Waals surface area contributed by atoms with E-state index in [1.54, 1.807) is 0 Å². The van der Waals surface area contributed by atoms with E-state index in [2.05, 4.69) is 20.8 Å². The smallest absolute Gasteiger partial charge is 0.157 e. The third kappa shape index (κ3) is 4.07. The SMILES string of the molecule is CC(C)(C)COC1CCCCO1. The molecule has 1 unspecified atom stereocenters. The summed E-state index contributed by atoms with van der Waals surface area (Å²) in [5, 5.41) is 0. The molecule has 1 aliphatic heterocycles. The van der Waals surface area contributed by atoms with Crippen LogP contribution in [0.4, 0.5) is 0 Å². The monoisotopic (exact) mass is 172 g/mol. The van der Waals surface area contributed by atoms with E-state index in [0.29, 0.717) is 0 Å². The Morgan fingerprint density at radius 1 is 1.33 bits per heavy atom. The van der Waals surface area contributed by atoms with Crippen molar-refractivity contribution in [1.82, 2.24) is 0 Å². The molecular formula is C10H20O2. The summed E-state index contributed by atoms with van der Waals surface area (Å²) in [5.74, 6) is 0. The molecule has 0 aromatic heterocycles. The van der Waals surface area contributed by atoms with Crippen molar-refractivity contribution in [1.29, 1.82) is 0 Å². The van der Waals surface area contributed by atoms with Gasteiger partial charge in [-0.3, -0.25) is 0 Å². The summed E-state index contributed by atoms with van der Waals surface area (Å²) in [6, 6.07) is 0. The normalized spacial score (nSPS) is 25.8. The summed E-state index contributed by atoms with van der Waals surface area (Å²) < 4.78 is 11.1. The summed E-state index contributed by atoms with van der Waals surface area (Å²) in [6.45, 7) is 8.19. The summed E-state index contributed by atoms with van der Waals surface area (Å²) in [4.78, 5) is 0. The molecular weight excluding hydrogens is 152 g/mol. The van der Waals surface area contributed by atoms with Crippen molar-refractivity contribution in [3.05, 3.63) is 0 Å². The van der Waals surface area contributed by atoms with Gasteiger partial charge in [0.05, 0.1) is 6.61 Å². The van der Waals surface area contributed by atoms with Gasteiger partial charge >= 0.3 is 0 Å². The van der Waals surface area contributed by atoms with Gasteiger partial charge in [0.2, 0.25) is 0 Å². The topological polar surface area (TPSA) is 18.5 Å². The maximum atomic E-state index is 5.63. The van der Waals surface area contributed by atoms with Crippen molar-refractivity contribution in [2.75, 3.05) is 13.2 Å². The highest BCUT2D eigenvalue weighted by atomic mass is 16.7. The third-order valence-corrected chi connectivity index (χ3v) is 1.84. The lowest BCUT2D eigenvalue weighted by Gasteiger charge is -2.26. The highest BCUT2D eigenvalue weighted by molar-refractivity contribution is 4.61. The van der Waals surface area contributed by atoms with Crippen LogP contribution in [0.2, 0.25) is 0 Å². The lowest BCUT2D eigenvalue weighted by atomic mass is 9.99. The molecule has 1 aliphatic rings. The average Bonchev–Trinajstić information content (AvgIpc) is 2.02. The Kier molecular flexibility index (Phi) is 3.53. The Labute approximate surface area is 75.2 Å². The molecule has 0 spiro atoms. The predicted octanol–water partition coefficient (Wildman–Crippen LogP) is 2.58. The second-order valence-electron chi connectivity index (χ2n) is 4.67. The Morgan fingerprint density at radius 3 is 2.58 bits per heavy atom. The van der Waals surface area contributed by atoms with E-state index in [-0.39, 0.29) is 11.7 Å². The zero-order valence-electron chi connectivity index (χ0n) is 8.43. The lowest BCUT2D eigenvalue weighted by Crippen LogP contribution is -2.26. The van der Waals surface area contributed by atoms with Crippen LogP contribution in [0.25, 0.3) is 0 Å². The highest BCUT2D eigenvalue weighted by Gasteiger charge is 2.17. The summed E-state index contributed by atoms with van der Waals surface area (Å²) >= 11 is 0. The van der Waals surface area contributed by atoms with Crippen molar-refractivity contribution >= 4 is 0 Å². The predicted molar refractivity (Wildman–Crippen MR) is 49.0 cm³/mol. The number of ether oxygens (including phenoxy) is 2. The number of hydrogen-bond acceptors (Lipinski definition) is 2. The van der Waals surface area contributed by atoms with Crippen LogP contribution < -0.4 is 0 Å². The summed E-state index contributed by atoms with van der Waals surface area (Å²) in [6.07, 6.45) is 3.57. The minimum absolute atomic E-state index is 0.0676. The van der Waals surface area contributed by atoms with Crippen LogP contribution in [-0.2, 0) is 9.47 Å². The molecule has 0 aliphatic carbocycles. The fraction of sp³-hybridized carbons (Fsp3) is 1.00. The zero-order valence-corrected chi connectivity index (χ0v) is 8.43. The van der Waals surface area contributed by atoms with E-state index >= 15 is 0 Å². The molecule has 1 fully saturated rings. The largest absolute Gasteiger partial charge is 0.353 e. The molecule has 72 valence electrons. The fourth-order valence-electron chi connectivity index (χ4n) is 1.19. The molecule has 0 saturated carbocycles. The van der Waals surface area contributed by atoms with Gasteiger partial charge in [0, 0.05) is 6.61 Å². The molecule has 2 nitrogen and oxygen atoms in total. The van der Waals surface area contributed by atoms with Crippen LogP contribution >= 0.6 is 0 Å². The first-order valence-electron chi connectivity index (χ1n) is 4.81. The van der Waals surface area contributed by atoms with Crippen LogP contribution in [0.1, 0.15) is 40.0 Å². The lowest BCUT2D eigenvalue weighted by molar-refractivity contribution is -0.174. The molecule has 1 saturated heterocycles. The highest BCUT2D eigenvalue weighted by Crippen LogP contribution is 2.18. The first kappa shape index (κ1) is 10.0. The van der Waals surface area contributed by atoms with Crippen LogP contribution in [0.3, 0.4) is 0 Å². The fourth-order valence-corrected chi connectivity index (χ4v) is 1.19. The second kappa shape index (κ2) is 4.24. The molecule has 1 atom stereocenters. The first-order chi connectivity index (χ1) is 5.58. The molecule has 0 radical (unpaired) electrons. The van der Waals surface area contributed by atoms with Crippen molar-refractivity contribution < 1.29 is 9.47 Å². The van der Waals surface area contributed by atoms with E-state index in [4.69, 9.17) is 9.47 Å². The van der Waals surface area contributed by atoms with Crippen molar-refractivity contribution in [3.63, 3.8) is 0 Å². The van der Waals surface area contributed by atoms with Crippen LogP contribution in [0, 0.1) is 5.41 Å². The van der Waals surface area contributed by atoms with Gasteiger partial charge in [-0.1, -0.05) is 20.8 Å². The molecule has 0 aromatic carbocycles. The summed E-state index contributed by atoms with van der Waals surface area (Å²) in [7, 11) is 0. The van der Waals surface area contributed by atoms with Crippen LogP contribution in [0.5, 0.6) is 0 Å². The van der Waals surface area contributed by atoms with Gasteiger partial charge in [-0.25, -0.2) is 0 Å². The average molecular weight is 172 g/mol. The number of rotatable bonds is 2. The van der Waals surface area contributed by atoms with Crippen LogP contribution in [-0.4, -0.2) is 19.5 Å².